The van der Waals surface area contributed by atoms with Gasteiger partial charge in [0.2, 0.25) is 20.0 Å². The van der Waals surface area contributed by atoms with Crippen LogP contribution in [0.4, 0.5) is 29.5 Å². The number of anilines is 2. The maximum absolute atomic E-state index is 13.7. The third-order valence-electron chi connectivity index (χ3n) is 6.50. The Morgan fingerprint density at radius 3 is 2.15 bits per heavy atom. The third-order valence-corrected chi connectivity index (χ3v) is 8.38. The molecule has 1 amide bonds. The van der Waals surface area contributed by atoms with Gasteiger partial charge in [-0.05, 0) is 23.8 Å². The van der Waals surface area contributed by atoms with Gasteiger partial charge in [0.15, 0.2) is 5.82 Å². The lowest BCUT2D eigenvalue weighted by atomic mass is 10.1. The fraction of sp³-hybridized carbons (Fsp3) is 0.545. The van der Waals surface area contributed by atoms with Gasteiger partial charge in [-0.25, -0.2) is 21.6 Å². The molecule has 17 heteroatoms. The fourth-order valence-electron chi connectivity index (χ4n) is 4.56. The first-order chi connectivity index (χ1) is 18.1. The summed E-state index contributed by atoms with van der Waals surface area (Å²) in [6, 6.07) is 4.83. The minimum Gasteiger partial charge on any atom is -0.369 e. The van der Waals surface area contributed by atoms with Gasteiger partial charge in [-0.3, -0.25) is 9.62 Å². The van der Waals surface area contributed by atoms with E-state index in [1.54, 1.807) is 11.0 Å². The molecule has 0 saturated carbocycles. The number of carbonyl (C=O) groups excluding carboxylic acids is 1. The first-order valence-corrected chi connectivity index (χ1v) is 15.8. The van der Waals surface area contributed by atoms with Gasteiger partial charge in [0.05, 0.1) is 18.1 Å². The lowest BCUT2D eigenvalue weighted by Gasteiger charge is -2.36. The molecule has 2 aliphatic heterocycles. The lowest BCUT2D eigenvalue weighted by molar-refractivity contribution is -0.137. The molecule has 216 valence electrons. The van der Waals surface area contributed by atoms with E-state index in [1.807, 2.05) is 4.90 Å². The molecular formula is C22H30F3N7O5S2. The first-order valence-electron chi connectivity index (χ1n) is 12.0. The molecule has 0 unspecified atom stereocenters. The number of nitrogens with zero attached hydrogens (tertiary/aromatic N) is 6. The minimum absolute atomic E-state index is 0.0163. The summed E-state index contributed by atoms with van der Waals surface area (Å²) in [6.07, 6.45) is -1.11. The van der Waals surface area contributed by atoms with Crippen LogP contribution in [-0.2, 0) is 32.8 Å². The van der Waals surface area contributed by atoms with Crippen LogP contribution >= 0.6 is 0 Å². The van der Waals surface area contributed by atoms with E-state index >= 15 is 0 Å². The Bertz CT molecular complexity index is 1410. The second kappa shape index (κ2) is 10.9. The van der Waals surface area contributed by atoms with Crippen LogP contribution in [0.5, 0.6) is 0 Å². The smallest absolute Gasteiger partial charge is 0.369 e. The monoisotopic (exact) mass is 593 g/mol. The van der Waals surface area contributed by atoms with Crippen molar-refractivity contribution in [2.45, 2.75) is 12.7 Å². The number of nitrogens with one attached hydrogen (secondary N) is 1. The van der Waals surface area contributed by atoms with Crippen LogP contribution in [0.25, 0.3) is 0 Å². The Hall–Kier alpha value is -2.89. The van der Waals surface area contributed by atoms with E-state index in [0.29, 0.717) is 37.4 Å². The molecule has 2 aromatic rings. The highest BCUT2D eigenvalue weighted by molar-refractivity contribution is 7.92. The summed E-state index contributed by atoms with van der Waals surface area (Å²) in [6.45, 7) is 2.66. The number of carbonyl (C=O) groups is 1. The fourth-order valence-corrected chi connectivity index (χ4v) is 5.88. The first kappa shape index (κ1) is 29.1. The van der Waals surface area contributed by atoms with Gasteiger partial charge in [0.1, 0.15) is 0 Å². The SMILES string of the molecule is CS(=O)(=O)Nc1ccn(C(=O)N2CCN(Cc3cc(N4CCN(S(C)(=O)=O)CC4)cc(C(F)(F)F)c3)CC2)n1. The number of hydrogen-bond donors (Lipinski definition) is 1. The summed E-state index contributed by atoms with van der Waals surface area (Å²) >= 11 is 0. The summed E-state index contributed by atoms with van der Waals surface area (Å²) in [7, 11) is -6.91. The van der Waals surface area contributed by atoms with Crippen molar-refractivity contribution in [2.24, 2.45) is 0 Å². The predicted molar refractivity (Wildman–Crippen MR) is 138 cm³/mol. The highest BCUT2D eigenvalue weighted by Gasteiger charge is 2.33. The number of amides is 1. The maximum Gasteiger partial charge on any atom is 0.416 e. The van der Waals surface area contributed by atoms with Crippen LogP contribution in [-0.4, -0.2) is 112 Å². The number of hydrogen-bond acceptors (Lipinski definition) is 8. The predicted octanol–water partition coefficient (Wildman–Crippen LogP) is 1.14. The van der Waals surface area contributed by atoms with Crippen molar-refractivity contribution in [3.8, 4) is 0 Å². The summed E-state index contributed by atoms with van der Waals surface area (Å²) in [5.74, 6) is 0.0163. The molecule has 12 nitrogen and oxygen atoms in total. The molecule has 0 radical (unpaired) electrons. The molecule has 39 heavy (non-hydrogen) atoms. The van der Waals surface area contributed by atoms with Gasteiger partial charge in [-0.2, -0.15) is 22.2 Å². The largest absolute Gasteiger partial charge is 0.416 e. The number of benzene rings is 1. The van der Waals surface area contributed by atoms with E-state index in [9.17, 15) is 34.8 Å². The summed E-state index contributed by atoms with van der Waals surface area (Å²) in [5.41, 5.74) is 0.0826. The highest BCUT2D eigenvalue weighted by Crippen LogP contribution is 2.34. The molecule has 4 rings (SSSR count). The normalized spacial score (nSPS) is 18.4. The zero-order chi connectivity index (χ0) is 28.6. The number of piperazine rings is 2. The molecule has 0 bridgehead atoms. The van der Waals surface area contributed by atoms with Crippen molar-refractivity contribution < 1.29 is 34.8 Å². The van der Waals surface area contributed by atoms with Crippen molar-refractivity contribution in [1.29, 1.82) is 0 Å². The molecule has 2 saturated heterocycles. The Balaban J connectivity index is 1.40. The molecule has 2 aliphatic rings. The lowest BCUT2D eigenvalue weighted by Crippen LogP contribution is -2.49. The topological polar surface area (TPSA) is 128 Å². The van der Waals surface area contributed by atoms with Gasteiger partial charge >= 0.3 is 12.2 Å². The second-order valence-electron chi connectivity index (χ2n) is 9.60. The van der Waals surface area contributed by atoms with Gasteiger partial charge < -0.3 is 9.80 Å². The highest BCUT2D eigenvalue weighted by atomic mass is 32.2. The second-order valence-corrected chi connectivity index (χ2v) is 13.3. The van der Waals surface area contributed by atoms with Crippen LogP contribution in [0.1, 0.15) is 11.1 Å². The molecule has 1 aromatic carbocycles. The molecule has 0 aliphatic carbocycles. The molecule has 0 atom stereocenters. The minimum atomic E-state index is -4.54. The average molecular weight is 594 g/mol. The van der Waals surface area contributed by atoms with Crippen LogP contribution < -0.4 is 9.62 Å². The standard InChI is InChI=1S/C22H30F3N7O5S2/c1-38(34,35)27-20-3-4-32(26-20)21(33)30-7-5-28(6-8-30)16-17-13-18(22(23,24)25)15-19(14-17)29-9-11-31(12-10-29)39(2,36)37/h3-4,13-15H,5-12,16H2,1-2H3,(H,26,27). The van der Waals surface area contributed by atoms with E-state index in [4.69, 9.17) is 0 Å². The number of halogens is 3. The molecule has 3 heterocycles. The van der Waals surface area contributed by atoms with Crippen molar-refractivity contribution in [3.05, 3.63) is 41.6 Å². The zero-order valence-corrected chi connectivity index (χ0v) is 23.1. The Kier molecular flexibility index (Phi) is 8.16. The van der Waals surface area contributed by atoms with E-state index < -0.39 is 37.8 Å². The number of rotatable bonds is 6. The van der Waals surface area contributed by atoms with E-state index in [2.05, 4.69) is 9.82 Å². The van der Waals surface area contributed by atoms with Crippen molar-refractivity contribution in [2.75, 3.05) is 74.5 Å². The van der Waals surface area contributed by atoms with Gasteiger partial charge in [0.25, 0.3) is 0 Å². The Morgan fingerprint density at radius 2 is 1.59 bits per heavy atom. The van der Waals surface area contributed by atoms with Crippen molar-refractivity contribution in [3.63, 3.8) is 0 Å². The van der Waals surface area contributed by atoms with Gasteiger partial charge in [-0.15, -0.1) is 5.10 Å². The van der Waals surface area contributed by atoms with Gasteiger partial charge in [0, 0.05) is 76.9 Å². The molecular weight excluding hydrogens is 563 g/mol. The van der Waals surface area contributed by atoms with Crippen molar-refractivity contribution >= 4 is 37.6 Å². The molecule has 1 N–H and O–H groups in total. The molecule has 1 aromatic heterocycles. The van der Waals surface area contributed by atoms with Crippen molar-refractivity contribution in [1.82, 2.24) is 23.9 Å². The Labute approximate surface area is 225 Å². The van der Waals surface area contributed by atoms with E-state index in [0.717, 1.165) is 29.3 Å². The number of sulfonamides is 2. The Morgan fingerprint density at radius 1 is 0.949 bits per heavy atom. The molecule has 2 fully saturated rings. The quantitative estimate of drug-likeness (QED) is 0.528. The van der Waals surface area contributed by atoms with Crippen LogP contribution in [0.15, 0.2) is 30.5 Å². The van der Waals surface area contributed by atoms with Crippen LogP contribution in [0, 0.1) is 0 Å². The summed E-state index contributed by atoms with van der Waals surface area (Å²) in [4.78, 5) is 18.0. The summed E-state index contributed by atoms with van der Waals surface area (Å²) in [5, 5.41) is 3.94. The molecule has 0 spiro atoms. The van der Waals surface area contributed by atoms with E-state index in [1.165, 1.54) is 21.5 Å². The third kappa shape index (κ3) is 7.61. The van der Waals surface area contributed by atoms with Crippen LogP contribution in [0.3, 0.4) is 0 Å². The number of aromatic nitrogens is 2. The van der Waals surface area contributed by atoms with Crippen LogP contribution in [0.2, 0.25) is 0 Å². The maximum atomic E-state index is 13.7. The zero-order valence-electron chi connectivity index (χ0n) is 21.4. The average Bonchev–Trinajstić information content (AvgIpc) is 3.29. The van der Waals surface area contributed by atoms with Gasteiger partial charge in [-0.1, -0.05) is 0 Å². The summed E-state index contributed by atoms with van der Waals surface area (Å²) < 4.78 is 91.9. The van der Waals surface area contributed by atoms with E-state index in [-0.39, 0.29) is 38.5 Å². The number of alkyl halides is 3.